The van der Waals surface area contributed by atoms with Crippen molar-refractivity contribution >= 4 is 29.0 Å². The minimum Gasteiger partial charge on any atom is -0.371 e. The Morgan fingerprint density at radius 2 is 1.72 bits per heavy atom. The summed E-state index contributed by atoms with van der Waals surface area (Å²) < 4.78 is 0. The van der Waals surface area contributed by atoms with E-state index in [2.05, 4.69) is 31.5 Å². The summed E-state index contributed by atoms with van der Waals surface area (Å²) in [5.41, 5.74) is 2.41. The zero-order valence-electron chi connectivity index (χ0n) is 18.8. The second-order valence-corrected chi connectivity index (χ2v) is 8.62. The molecule has 0 saturated carbocycles. The Bertz CT molecular complexity index is 935. The molecule has 7 heteroatoms. The zero-order valence-corrected chi connectivity index (χ0v) is 18.8. The van der Waals surface area contributed by atoms with Crippen molar-refractivity contribution in [3.05, 3.63) is 48.2 Å². The highest BCUT2D eigenvalue weighted by atomic mass is 16.2. The van der Waals surface area contributed by atoms with E-state index in [4.69, 9.17) is 0 Å². The number of hydrogen-bond acceptors (Lipinski definition) is 5. The number of pyridine rings is 1. The first-order valence-electron chi connectivity index (χ1n) is 11.8. The Balaban J connectivity index is 1.45. The molecular weight excluding hydrogens is 402 g/mol. The number of carbonyl (C=O) groups is 2. The molecule has 0 bridgehead atoms. The second-order valence-electron chi connectivity index (χ2n) is 8.62. The van der Waals surface area contributed by atoms with Crippen LogP contribution in [0, 0.1) is 0 Å². The third kappa shape index (κ3) is 5.21. The normalized spacial score (nSPS) is 16.8. The predicted octanol–water partition coefficient (Wildman–Crippen LogP) is 3.82. The molecule has 0 radical (unpaired) electrons. The van der Waals surface area contributed by atoms with E-state index in [9.17, 15) is 9.59 Å². The molecule has 7 nitrogen and oxygen atoms in total. The van der Waals surface area contributed by atoms with Gasteiger partial charge in [0.2, 0.25) is 5.91 Å². The van der Waals surface area contributed by atoms with E-state index in [0.717, 1.165) is 56.8 Å². The van der Waals surface area contributed by atoms with Gasteiger partial charge in [-0.1, -0.05) is 19.4 Å². The molecule has 2 fully saturated rings. The van der Waals surface area contributed by atoms with Crippen LogP contribution in [0.25, 0.3) is 0 Å². The van der Waals surface area contributed by atoms with Crippen molar-refractivity contribution in [3.63, 3.8) is 0 Å². The summed E-state index contributed by atoms with van der Waals surface area (Å²) in [4.78, 5) is 35.1. The van der Waals surface area contributed by atoms with Gasteiger partial charge < -0.3 is 20.4 Å². The van der Waals surface area contributed by atoms with Gasteiger partial charge in [0.15, 0.2) is 0 Å². The first kappa shape index (κ1) is 22.1. The van der Waals surface area contributed by atoms with Crippen molar-refractivity contribution < 1.29 is 9.59 Å². The van der Waals surface area contributed by atoms with Gasteiger partial charge in [-0.25, -0.2) is 4.98 Å². The first-order valence-corrected chi connectivity index (χ1v) is 11.8. The van der Waals surface area contributed by atoms with Gasteiger partial charge in [0.05, 0.1) is 5.56 Å². The molecule has 2 aromatic rings. The monoisotopic (exact) mass is 435 g/mol. The summed E-state index contributed by atoms with van der Waals surface area (Å²) in [6.45, 7) is 5.93. The molecule has 3 heterocycles. The minimum absolute atomic E-state index is 0.189. The molecule has 2 saturated heterocycles. The number of anilines is 3. The van der Waals surface area contributed by atoms with Crippen LogP contribution in [-0.4, -0.2) is 49.0 Å². The molecule has 0 spiro atoms. The van der Waals surface area contributed by atoms with E-state index in [1.807, 2.05) is 25.1 Å². The molecule has 1 unspecified atom stereocenters. The zero-order chi connectivity index (χ0) is 22.3. The third-order valence-corrected chi connectivity index (χ3v) is 6.22. The van der Waals surface area contributed by atoms with Crippen molar-refractivity contribution in [3.8, 4) is 0 Å². The van der Waals surface area contributed by atoms with Crippen molar-refractivity contribution in [2.24, 2.45) is 0 Å². The molecule has 2 aliphatic rings. The van der Waals surface area contributed by atoms with E-state index in [1.54, 1.807) is 18.3 Å². The molecular formula is C25H33N5O2. The SMILES string of the molecule is CCCC(NC(=O)c1cccnc1N1CCCC1)C(=O)Nc1cccc(N2CCCC2)c1. The molecule has 1 aromatic carbocycles. The molecule has 170 valence electrons. The fourth-order valence-electron chi connectivity index (χ4n) is 4.53. The van der Waals surface area contributed by atoms with Crippen LogP contribution in [-0.2, 0) is 4.79 Å². The van der Waals surface area contributed by atoms with Crippen molar-refractivity contribution in [2.75, 3.05) is 41.3 Å². The van der Waals surface area contributed by atoms with Gasteiger partial charge in [-0.05, 0) is 62.4 Å². The maximum atomic E-state index is 13.1. The standard InChI is InChI=1S/C25H33N5O2/c1-2-9-22(25(32)27-19-10-7-11-20(18-19)29-14-3-4-15-29)28-24(31)21-12-8-13-26-23(21)30-16-5-6-17-30/h7-8,10-13,18,22H,2-6,9,14-17H2,1H3,(H,27,32)(H,28,31). The highest BCUT2D eigenvalue weighted by Gasteiger charge is 2.25. The van der Waals surface area contributed by atoms with Crippen LogP contribution in [0.4, 0.5) is 17.2 Å². The van der Waals surface area contributed by atoms with Gasteiger partial charge in [-0.2, -0.15) is 0 Å². The van der Waals surface area contributed by atoms with Gasteiger partial charge in [-0.15, -0.1) is 0 Å². The minimum atomic E-state index is -0.602. The average Bonchev–Trinajstić information content (AvgIpc) is 3.53. The summed E-state index contributed by atoms with van der Waals surface area (Å²) in [7, 11) is 0. The molecule has 1 atom stereocenters. The van der Waals surface area contributed by atoms with Gasteiger partial charge in [0.25, 0.3) is 5.91 Å². The van der Waals surface area contributed by atoms with Crippen LogP contribution in [0.5, 0.6) is 0 Å². The van der Waals surface area contributed by atoms with Gasteiger partial charge in [0, 0.05) is 43.8 Å². The maximum Gasteiger partial charge on any atom is 0.255 e. The lowest BCUT2D eigenvalue weighted by atomic mass is 10.1. The lowest BCUT2D eigenvalue weighted by Gasteiger charge is -2.22. The number of rotatable bonds is 8. The molecule has 1 aromatic heterocycles. The summed E-state index contributed by atoms with van der Waals surface area (Å²) >= 11 is 0. The maximum absolute atomic E-state index is 13.1. The van der Waals surface area contributed by atoms with Gasteiger partial charge in [0.1, 0.15) is 11.9 Å². The Morgan fingerprint density at radius 3 is 2.44 bits per heavy atom. The lowest BCUT2D eigenvalue weighted by Crippen LogP contribution is -2.44. The summed E-state index contributed by atoms with van der Waals surface area (Å²) in [6, 6.07) is 10.9. The van der Waals surface area contributed by atoms with E-state index in [0.29, 0.717) is 17.8 Å². The Morgan fingerprint density at radius 1 is 1.00 bits per heavy atom. The number of carbonyl (C=O) groups excluding carboxylic acids is 2. The quantitative estimate of drug-likeness (QED) is 0.659. The van der Waals surface area contributed by atoms with Gasteiger partial charge in [-0.3, -0.25) is 9.59 Å². The lowest BCUT2D eigenvalue weighted by molar-refractivity contribution is -0.118. The van der Waals surface area contributed by atoms with Gasteiger partial charge >= 0.3 is 0 Å². The summed E-state index contributed by atoms with van der Waals surface area (Å²) in [6.07, 6.45) is 7.70. The van der Waals surface area contributed by atoms with Crippen molar-refractivity contribution in [1.82, 2.24) is 10.3 Å². The van der Waals surface area contributed by atoms with Crippen LogP contribution in [0.3, 0.4) is 0 Å². The van der Waals surface area contributed by atoms with E-state index >= 15 is 0 Å². The smallest absolute Gasteiger partial charge is 0.255 e. The molecule has 2 amide bonds. The van der Waals surface area contributed by atoms with Crippen LogP contribution in [0.15, 0.2) is 42.6 Å². The largest absolute Gasteiger partial charge is 0.371 e. The topological polar surface area (TPSA) is 77.6 Å². The number of benzene rings is 1. The second kappa shape index (κ2) is 10.5. The molecule has 2 N–H and O–H groups in total. The molecule has 32 heavy (non-hydrogen) atoms. The predicted molar refractivity (Wildman–Crippen MR) is 128 cm³/mol. The average molecular weight is 436 g/mol. The third-order valence-electron chi connectivity index (χ3n) is 6.22. The van der Waals surface area contributed by atoms with Crippen LogP contribution in [0.1, 0.15) is 55.8 Å². The summed E-state index contributed by atoms with van der Waals surface area (Å²) in [5, 5.41) is 5.97. The molecule has 2 aliphatic heterocycles. The Kier molecular flexibility index (Phi) is 7.24. The van der Waals surface area contributed by atoms with E-state index in [1.165, 1.54) is 12.8 Å². The van der Waals surface area contributed by atoms with Crippen molar-refractivity contribution in [2.45, 2.75) is 51.5 Å². The van der Waals surface area contributed by atoms with Crippen LogP contribution >= 0.6 is 0 Å². The number of hydrogen-bond donors (Lipinski definition) is 2. The Labute approximate surface area is 190 Å². The fraction of sp³-hybridized carbons (Fsp3) is 0.480. The number of nitrogens with one attached hydrogen (secondary N) is 2. The van der Waals surface area contributed by atoms with E-state index < -0.39 is 6.04 Å². The van der Waals surface area contributed by atoms with Crippen LogP contribution < -0.4 is 20.4 Å². The Hall–Kier alpha value is -3.09. The number of nitrogens with zero attached hydrogens (tertiary/aromatic N) is 3. The highest BCUT2D eigenvalue weighted by molar-refractivity contribution is 6.03. The molecule has 4 rings (SSSR count). The first-order chi connectivity index (χ1) is 15.7. The highest BCUT2D eigenvalue weighted by Crippen LogP contribution is 2.24. The summed E-state index contributed by atoms with van der Waals surface area (Å²) in [5.74, 6) is 0.265. The van der Waals surface area contributed by atoms with E-state index in [-0.39, 0.29) is 11.8 Å². The van der Waals surface area contributed by atoms with Crippen LogP contribution in [0.2, 0.25) is 0 Å². The van der Waals surface area contributed by atoms with Crippen molar-refractivity contribution in [1.29, 1.82) is 0 Å². The molecule has 0 aliphatic carbocycles. The fourth-order valence-corrected chi connectivity index (χ4v) is 4.53. The number of aromatic nitrogens is 1. The number of amides is 2.